The van der Waals surface area contributed by atoms with Gasteiger partial charge in [-0.15, -0.1) is 0 Å². The van der Waals surface area contributed by atoms with E-state index in [4.69, 9.17) is 9.47 Å². The van der Waals surface area contributed by atoms with Crippen molar-refractivity contribution in [2.75, 3.05) is 25.5 Å². The summed E-state index contributed by atoms with van der Waals surface area (Å²) in [5, 5.41) is 2.79. The van der Waals surface area contributed by atoms with Crippen LogP contribution in [0.5, 0.6) is 17.4 Å². The average Bonchev–Trinajstić information content (AvgIpc) is 2.86. The number of nitrogens with one attached hydrogen (secondary N) is 1. The van der Waals surface area contributed by atoms with E-state index in [0.717, 1.165) is 12.8 Å². The van der Waals surface area contributed by atoms with Gasteiger partial charge >= 0.3 is 0 Å². The maximum atomic E-state index is 12.9. The minimum atomic E-state index is -3.57. The molecular weight excluding hydrogens is 454 g/mol. The molecule has 3 aromatic rings. The summed E-state index contributed by atoms with van der Waals surface area (Å²) in [6, 6.07) is 16.3. The molecule has 0 radical (unpaired) electrons. The van der Waals surface area contributed by atoms with Crippen LogP contribution in [0.1, 0.15) is 30.1 Å². The van der Waals surface area contributed by atoms with Crippen LogP contribution in [-0.2, 0) is 10.0 Å². The Labute approximate surface area is 199 Å². The van der Waals surface area contributed by atoms with Crippen molar-refractivity contribution in [2.45, 2.75) is 24.7 Å². The topological polar surface area (TPSA) is 97.8 Å². The first-order valence-corrected chi connectivity index (χ1v) is 12.5. The summed E-state index contributed by atoms with van der Waals surface area (Å²) in [7, 11) is -1.99. The smallest absolute Gasteiger partial charge is 0.255 e. The summed E-state index contributed by atoms with van der Waals surface area (Å²) >= 11 is 0. The van der Waals surface area contributed by atoms with Crippen molar-refractivity contribution < 1.29 is 22.7 Å². The lowest BCUT2D eigenvalue weighted by Crippen LogP contribution is -2.37. The first-order chi connectivity index (χ1) is 16.4. The lowest BCUT2D eigenvalue weighted by molar-refractivity contribution is 0.102. The Balaban J connectivity index is 1.46. The number of methoxy groups -OCH3 is 1. The number of hydrogen-bond acceptors (Lipinski definition) is 6. The van der Waals surface area contributed by atoms with Gasteiger partial charge in [-0.05, 0) is 79.4 Å². The summed E-state index contributed by atoms with van der Waals surface area (Å²) in [4.78, 5) is 17.2. The number of rotatable bonds is 7. The van der Waals surface area contributed by atoms with Gasteiger partial charge in [-0.2, -0.15) is 4.31 Å². The molecule has 0 unspecified atom stereocenters. The van der Waals surface area contributed by atoms with Gasteiger partial charge in [0.05, 0.1) is 12.0 Å². The van der Waals surface area contributed by atoms with E-state index in [9.17, 15) is 13.2 Å². The van der Waals surface area contributed by atoms with Crippen LogP contribution in [0.15, 0.2) is 71.8 Å². The molecule has 1 N–H and O–H groups in total. The van der Waals surface area contributed by atoms with Gasteiger partial charge in [0.25, 0.3) is 5.91 Å². The van der Waals surface area contributed by atoms with Crippen molar-refractivity contribution in [3.8, 4) is 17.4 Å². The molecule has 1 amide bonds. The molecule has 2 heterocycles. The normalized spacial score (nSPS) is 15.0. The number of ether oxygens (including phenoxy) is 2. The maximum Gasteiger partial charge on any atom is 0.255 e. The van der Waals surface area contributed by atoms with Crippen LogP contribution in [0.25, 0.3) is 0 Å². The minimum Gasteiger partial charge on any atom is -0.497 e. The van der Waals surface area contributed by atoms with Crippen molar-refractivity contribution in [2.24, 2.45) is 5.92 Å². The zero-order chi connectivity index (χ0) is 24.1. The highest BCUT2D eigenvalue weighted by Crippen LogP contribution is 2.29. The molecule has 1 fully saturated rings. The monoisotopic (exact) mass is 481 g/mol. The zero-order valence-corrected chi connectivity index (χ0v) is 19.9. The van der Waals surface area contributed by atoms with Crippen LogP contribution < -0.4 is 14.8 Å². The third-order valence-corrected chi connectivity index (χ3v) is 7.70. The number of hydrogen-bond donors (Lipinski definition) is 1. The zero-order valence-electron chi connectivity index (χ0n) is 19.1. The van der Waals surface area contributed by atoms with Gasteiger partial charge in [-0.3, -0.25) is 4.79 Å². The van der Waals surface area contributed by atoms with Crippen LogP contribution in [0, 0.1) is 5.92 Å². The van der Waals surface area contributed by atoms with Gasteiger partial charge in [-0.1, -0.05) is 6.92 Å². The Kier molecular flexibility index (Phi) is 7.14. The third-order valence-electron chi connectivity index (χ3n) is 5.79. The molecule has 2 aromatic carbocycles. The second-order valence-corrected chi connectivity index (χ2v) is 10.1. The number of pyridine rings is 1. The van der Waals surface area contributed by atoms with E-state index in [1.807, 2.05) is 0 Å². The Morgan fingerprint density at radius 1 is 1.00 bits per heavy atom. The van der Waals surface area contributed by atoms with Gasteiger partial charge in [0.2, 0.25) is 15.9 Å². The van der Waals surface area contributed by atoms with Crippen molar-refractivity contribution in [1.82, 2.24) is 9.29 Å². The van der Waals surface area contributed by atoms with E-state index >= 15 is 0 Å². The van der Waals surface area contributed by atoms with Crippen LogP contribution >= 0.6 is 0 Å². The maximum absolute atomic E-state index is 12.9. The van der Waals surface area contributed by atoms with Crippen molar-refractivity contribution in [3.05, 3.63) is 72.4 Å². The molecule has 1 aliphatic heterocycles. The minimum absolute atomic E-state index is 0.184. The van der Waals surface area contributed by atoms with Gasteiger partial charge in [0.15, 0.2) is 0 Å². The Morgan fingerprint density at radius 3 is 2.29 bits per heavy atom. The second-order valence-electron chi connectivity index (χ2n) is 8.20. The number of sulfonamides is 1. The van der Waals surface area contributed by atoms with Gasteiger partial charge < -0.3 is 14.8 Å². The summed E-state index contributed by atoms with van der Waals surface area (Å²) < 4.78 is 38.3. The Hall–Kier alpha value is -3.43. The van der Waals surface area contributed by atoms with Gasteiger partial charge in [0.1, 0.15) is 17.2 Å². The largest absolute Gasteiger partial charge is 0.497 e. The molecule has 0 atom stereocenters. The molecule has 1 aliphatic rings. The fourth-order valence-electron chi connectivity index (χ4n) is 3.67. The predicted octanol–water partition coefficient (Wildman–Crippen LogP) is 4.56. The number of piperidine rings is 1. The molecule has 0 spiro atoms. The van der Waals surface area contributed by atoms with Crippen LogP contribution in [0.4, 0.5) is 5.69 Å². The van der Waals surface area contributed by atoms with Gasteiger partial charge in [-0.25, -0.2) is 13.4 Å². The number of carbonyl (C=O) groups is 1. The Morgan fingerprint density at radius 2 is 1.65 bits per heavy atom. The lowest BCUT2D eigenvalue weighted by atomic mass is 10.0. The highest BCUT2D eigenvalue weighted by atomic mass is 32.2. The molecule has 4 rings (SSSR count). The predicted molar refractivity (Wildman–Crippen MR) is 129 cm³/mol. The fourth-order valence-corrected chi connectivity index (χ4v) is 5.14. The fraction of sp³-hybridized carbons (Fsp3) is 0.280. The molecule has 178 valence electrons. The van der Waals surface area contributed by atoms with Crippen LogP contribution in [-0.4, -0.2) is 43.8 Å². The average molecular weight is 482 g/mol. The highest BCUT2D eigenvalue weighted by molar-refractivity contribution is 7.89. The van der Waals surface area contributed by atoms with Crippen LogP contribution in [0.2, 0.25) is 0 Å². The van der Waals surface area contributed by atoms with Crippen molar-refractivity contribution >= 4 is 21.6 Å². The van der Waals surface area contributed by atoms with E-state index in [2.05, 4.69) is 17.2 Å². The molecule has 34 heavy (non-hydrogen) atoms. The number of amides is 1. The first-order valence-electron chi connectivity index (χ1n) is 11.1. The number of anilines is 1. The first kappa shape index (κ1) is 23.7. The highest BCUT2D eigenvalue weighted by Gasteiger charge is 2.28. The molecule has 8 nitrogen and oxygen atoms in total. The summed E-state index contributed by atoms with van der Waals surface area (Å²) in [6.07, 6.45) is 3.27. The lowest BCUT2D eigenvalue weighted by Gasteiger charge is -2.29. The SMILES string of the molecule is COc1ccc(Oc2ncccc2NC(=O)c2ccc(S(=O)(=O)N3CCC(C)CC3)cc2)cc1. The molecule has 0 bridgehead atoms. The quantitative estimate of drug-likeness (QED) is 0.531. The molecule has 9 heteroatoms. The number of nitrogens with zero attached hydrogens (tertiary/aromatic N) is 2. The number of aromatic nitrogens is 1. The summed E-state index contributed by atoms with van der Waals surface area (Å²) in [5.74, 6) is 1.60. The standard InChI is InChI=1S/C25H27N3O5S/c1-18-13-16-28(17-14-18)34(30,31)22-11-5-19(6-12-22)24(29)27-23-4-3-15-26-25(23)33-21-9-7-20(32-2)8-10-21/h3-12,15,18H,13-14,16-17H2,1-2H3,(H,27,29). The summed E-state index contributed by atoms with van der Waals surface area (Å²) in [6.45, 7) is 3.17. The van der Waals surface area contributed by atoms with Crippen molar-refractivity contribution in [3.63, 3.8) is 0 Å². The van der Waals surface area contributed by atoms with Crippen LogP contribution in [0.3, 0.4) is 0 Å². The van der Waals surface area contributed by atoms with Crippen molar-refractivity contribution in [1.29, 1.82) is 0 Å². The second kappa shape index (κ2) is 10.2. The number of benzene rings is 2. The van der Waals surface area contributed by atoms with E-state index in [0.29, 0.717) is 41.8 Å². The summed E-state index contributed by atoms with van der Waals surface area (Å²) in [5.41, 5.74) is 0.716. The molecule has 1 saturated heterocycles. The third kappa shape index (κ3) is 5.37. The molecule has 0 aliphatic carbocycles. The van der Waals surface area contributed by atoms with E-state index in [-0.39, 0.29) is 10.8 Å². The molecular formula is C25H27N3O5S. The molecule has 0 saturated carbocycles. The van der Waals surface area contributed by atoms with Gasteiger partial charge in [0, 0.05) is 24.8 Å². The number of carbonyl (C=O) groups excluding carboxylic acids is 1. The Bertz CT molecular complexity index is 1240. The van der Waals surface area contributed by atoms with E-state index in [1.54, 1.807) is 49.7 Å². The van der Waals surface area contributed by atoms with E-state index in [1.165, 1.54) is 28.6 Å². The van der Waals surface area contributed by atoms with E-state index < -0.39 is 15.9 Å². The molecule has 1 aromatic heterocycles.